The second-order valence-electron chi connectivity index (χ2n) is 15.1. The second kappa shape index (κ2) is 11.2. The molecule has 57 heavy (non-hydrogen) atoms. The van der Waals surface area contributed by atoms with Crippen LogP contribution in [0.3, 0.4) is 0 Å². The zero-order valence-corrected chi connectivity index (χ0v) is 30.7. The Morgan fingerprint density at radius 3 is 1.67 bits per heavy atom. The summed E-state index contributed by atoms with van der Waals surface area (Å²) in [5.41, 5.74) is 13.7. The molecule has 0 atom stereocenters. The van der Waals surface area contributed by atoms with Crippen molar-refractivity contribution in [2.45, 2.75) is 0 Å². The van der Waals surface area contributed by atoms with Crippen molar-refractivity contribution in [3.05, 3.63) is 199 Å². The van der Waals surface area contributed by atoms with Crippen molar-refractivity contribution in [3.8, 4) is 0 Å². The van der Waals surface area contributed by atoms with Crippen LogP contribution in [0.1, 0.15) is 11.1 Å². The number of fused-ring (bicyclic) bond motifs is 13. The van der Waals surface area contributed by atoms with Gasteiger partial charge < -0.3 is 8.80 Å². The number of rotatable bonds is 2. The molecule has 0 spiro atoms. The minimum absolute atomic E-state index is 0.595. The minimum Gasteiger partial charge on any atom is -0.306 e. The van der Waals surface area contributed by atoms with Gasteiger partial charge in [0.2, 0.25) is 5.96 Å². The van der Waals surface area contributed by atoms with Gasteiger partial charge in [0.15, 0.2) is 0 Å². The molecule has 0 saturated carbocycles. The van der Waals surface area contributed by atoms with E-state index in [0.717, 1.165) is 66.5 Å². The van der Waals surface area contributed by atoms with Crippen LogP contribution >= 0.6 is 0 Å². The molecule has 0 saturated heterocycles. The van der Waals surface area contributed by atoms with Crippen LogP contribution in [-0.4, -0.2) is 25.0 Å². The highest BCUT2D eigenvalue weighted by Gasteiger charge is 2.26. The molecule has 0 N–H and O–H groups in total. The highest BCUT2D eigenvalue weighted by molar-refractivity contribution is 6.35. The third-order valence-corrected chi connectivity index (χ3v) is 12.1. The van der Waals surface area contributed by atoms with Crippen molar-refractivity contribution in [1.82, 2.24) is 13.4 Å². The van der Waals surface area contributed by atoms with Gasteiger partial charge in [-0.25, -0.2) is 9.98 Å². The van der Waals surface area contributed by atoms with E-state index >= 15 is 0 Å². The highest BCUT2D eigenvalue weighted by atomic mass is 15.2. The molecule has 5 heteroatoms. The van der Waals surface area contributed by atoms with Crippen LogP contribution in [0.5, 0.6) is 0 Å². The van der Waals surface area contributed by atoms with Crippen LogP contribution in [-0.2, 0) is 0 Å². The van der Waals surface area contributed by atoms with Crippen molar-refractivity contribution in [1.29, 1.82) is 0 Å². The fourth-order valence-electron chi connectivity index (χ4n) is 9.72. The van der Waals surface area contributed by atoms with E-state index in [9.17, 15) is 0 Å². The molecule has 5 nitrogen and oxygen atoms in total. The largest absolute Gasteiger partial charge is 0.306 e. The third-order valence-electron chi connectivity index (χ3n) is 12.1. The second-order valence-corrected chi connectivity index (χ2v) is 15.1. The number of benzene rings is 8. The Bertz CT molecular complexity index is 3800. The van der Waals surface area contributed by atoms with Crippen molar-refractivity contribution < 1.29 is 0 Å². The van der Waals surface area contributed by atoms with Crippen molar-refractivity contribution >= 4 is 105 Å². The Labute approximate surface area is 326 Å². The molecule has 5 heterocycles. The highest BCUT2D eigenvalue weighted by Crippen LogP contribution is 2.46. The molecular weight excluding hydrogens is 695 g/mol. The van der Waals surface area contributed by atoms with E-state index in [-0.39, 0.29) is 0 Å². The summed E-state index contributed by atoms with van der Waals surface area (Å²) < 4.78 is 7.30. The van der Waals surface area contributed by atoms with E-state index in [1.54, 1.807) is 0 Å². The first kappa shape index (κ1) is 30.6. The maximum Gasteiger partial charge on any atom is 0.235 e. The number of nitrogens with zero attached hydrogens (tertiary/aromatic N) is 5. The van der Waals surface area contributed by atoms with Gasteiger partial charge in [-0.15, -0.1) is 0 Å². The van der Waals surface area contributed by atoms with Crippen LogP contribution in [0.25, 0.3) is 92.9 Å². The van der Waals surface area contributed by atoms with E-state index < -0.39 is 0 Å². The quantitative estimate of drug-likeness (QED) is 0.170. The van der Waals surface area contributed by atoms with Gasteiger partial charge in [-0.3, -0.25) is 4.57 Å². The third kappa shape index (κ3) is 4.02. The molecule has 1 aliphatic heterocycles. The monoisotopic (exact) mass is 725 g/mol. The molecule has 8 aromatic carbocycles. The molecule has 13 rings (SSSR count). The molecule has 1 aliphatic rings. The average Bonchev–Trinajstić information content (AvgIpc) is 3.83. The van der Waals surface area contributed by atoms with Crippen LogP contribution in [0.2, 0.25) is 0 Å². The lowest BCUT2D eigenvalue weighted by atomic mass is 10.0. The normalized spacial score (nSPS) is 14.0. The van der Waals surface area contributed by atoms with Crippen molar-refractivity contribution in [2.24, 2.45) is 9.98 Å². The number of allylic oxidation sites excluding steroid dienone is 2. The zero-order chi connectivity index (χ0) is 37.4. The summed E-state index contributed by atoms with van der Waals surface area (Å²) in [6.07, 6.45) is 2.07. The number of aliphatic imine (C=N–C) groups is 2. The van der Waals surface area contributed by atoms with Gasteiger partial charge in [-0.2, -0.15) is 0 Å². The van der Waals surface area contributed by atoms with E-state index in [0.29, 0.717) is 5.96 Å². The summed E-state index contributed by atoms with van der Waals surface area (Å²) in [6.45, 7) is 4.55. The minimum atomic E-state index is 0.595. The maximum atomic E-state index is 5.49. The van der Waals surface area contributed by atoms with Crippen LogP contribution in [0, 0.1) is 0 Å². The lowest BCUT2D eigenvalue weighted by Gasteiger charge is -2.11. The Morgan fingerprint density at radius 1 is 0.386 bits per heavy atom. The Hall–Kier alpha value is -7.76. The molecule has 4 aromatic heterocycles. The number of hydrogen-bond acceptors (Lipinski definition) is 2. The molecule has 0 radical (unpaired) electrons. The standard InChI is InChI=1S/C52H31N5/c1-31-30-40(32-14-4-2-5-15-32)53-52(54-48(31)34-16-6-3-7-17-34)57-42-21-11-9-19-36(42)38-28-29-45-47(50(38)57)39-27-25-33-24-26-37-35-18-8-10-20-41(35)55-43-22-12-13-23-44(43)56(45)51(39)46(33)49(37)55/h2-30H,1H2. The van der Waals surface area contributed by atoms with Gasteiger partial charge in [0, 0.05) is 48.8 Å². The van der Waals surface area contributed by atoms with Gasteiger partial charge in [0.25, 0.3) is 0 Å². The fraction of sp³-hybridized carbons (Fsp3) is 0. The van der Waals surface area contributed by atoms with E-state index in [1.807, 2.05) is 12.1 Å². The summed E-state index contributed by atoms with van der Waals surface area (Å²) >= 11 is 0. The van der Waals surface area contributed by atoms with Gasteiger partial charge in [0.05, 0.1) is 55.5 Å². The molecule has 12 aromatic rings. The van der Waals surface area contributed by atoms with Gasteiger partial charge >= 0.3 is 0 Å². The number of para-hydroxylation sites is 4. The van der Waals surface area contributed by atoms with Gasteiger partial charge in [-0.05, 0) is 47.4 Å². The first-order valence-electron chi connectivity index (χ1n) is 19.4. The Kier molecular flexibility index (Phi) is 5.98. The fourth-order valence-corrected chi connectivity index (χ4v) is 9.72. The summed E-state index contributed by atoms with van der Waals surface area (Å²) in [7, 11) is 0. The molecule has 0 bridgehead atoms. The number of aromatic nitrogens is 3. The lowest BCUT2D eigenvalue weighted by molar-refractivity contribution is 1.22. The summed E-state index contributed by atoms with van der Waals surface area (Å²) in [5.74, 6) is 0.595. The lowest BCUT2D eigenvalue weighted by Crippen LogP contribution is -2.13. The molecule has 0 fully saturated rings. The van der Waals surface area contributed by atoms with Crippen molar-refractivity contribution in [2.75, 3.05) is 0 Å². The van der Waals surface area contributed by atoms with E-state index in [4.69, 9.17) is 9.98 Å². The summed E-state index contributed by atoms with van der Waals surface area (Å²) in [4.78, 5) is 11.0. The van der Waals surface area contributed by atoms with E-state index in [2.05, 4.69) is 184 Å². The van der Waals surface area contributed by atoms with Crippen LogP contribution < -0.4 is 0 Å². The predicted molar refractivity (Wildman–Crippen MR) is 239 cm³/mol. The molecular formula is C52H31N5. The van der Waals surface area contributed by atoms with E-state index in [1.165, 1.54) is 48.9 Å². The molecule has 264 valence electrons. The van der Waals surface area contributed by atoms with Gasteiger partial charge in [-0.1, -0.05) is 146 Å². The summed E-state index contributed by atoms with van der Waals surface area (Å²) in [5, 5.41) is 9.66. The SMILES string of the molecule is C=C1C=C(c2ccccc2)N=C(n2c3ccccc3c3ccc4c(c5ccc6ccc7c8ccccc8n8c9ccccc9n4c5c6c78)c32)N=C1c1ccccc1. The Balaban J connectivity index is 1.26. The average molecular weight is 726 g/mol. The molecule has 0 aliphatic carbocycles. The summed E-state index contributed by atoms with van der Waals surface area (Å²) in [6, 6.07) is 60.9. The maximum absolute atomic E-state index is 5.49. The predicted octanol–water partition coefficient (Wildman–Crippen LogP) is 12.8. The topological polar surface area (TPSA) is 38.5 Å². The first-order valence-corrected chi connectivity index (χ1v) is 19.4. The number of hydrogen-bond donors (Lipinski definition) is 0. The smallest absolute Gasteiger partial charge is 0.235 e. The first-order chi connectivity index (χ1) is 28.2. The van der Waals surface area contributed by atoms with Crippen molar-refractivity contribution in [3.63, 3.8) is 0 Å². The van der Waals surface area contributed by atoms with Gasteiger partial charge in [0.1, 0.15) is 0 Å². The zero-order valence-electron chi connectivity index (χ0n) is 30.7. The Morgan fingerprint density at radius 2 is 0.930 bits per heavy atom. The van der Waals surface area contributed by atoms with Crippen LogP contribution in [0.4, 0.5) is 0 Å². The molecule has 0 amide bonds. The molecule has 0 unspecified atom stereocenters. The van der Waals surface area contributed by atoms with Crippen LogP contribution in [0.15, 0.2) is 198 Å².